The van der Waals surface area contributed by atoms with Gasteiger partial charge in [0.25, 0.3) is 15.7 Å². The van der Waals surface area contributed by atoms with E-state index in [9.17, 15) is 18.5 Å². The van der Waals surface area contributed by atoms with Gasteiger partial charge in [-0.3, -0.25) is 14.8 Å². The van der Waals surface area contributed by atoms with E-state index in [0.717, 1.165) is 26.9 Å². The van der Waals surface area contributed by atoms with Gasteiger partial charge in [-0.25, -0.2) is 8.42 Å². The summed E-state index contributed by atoms with van der Waals surface area (Å²) in [5.41, 5.74) is 1.12. The van der Waals surface area contributed by atoms with Gasteiger partial charge in [0.1, 0.15) is 0 Å². The zero-order chi connectivity index (χ0) is 18.2. The van der Waals surface area contributed by atoms with Gasteiger partial charge >= 0.3 is 0 Å². The first-order valence-electron chi connectivity index (χ1n) is 7.25. The van der Waals surface area contributed by atoms with E-state index in [1.165, 1.54) is 18.2 Å². The van der Waals surface area contributed by atoms with Gasteiger partial charge in [-0.15, -0.1) is 0 Å². The van der Waals surface area contributed by atoms with Gasteiger partial charge in [0.05, 0.1) is 15.5 Å². The van der Waals surface area contributed by atoms with Crippen molar-refractivity contribution in [2.24, 2.45) is 0 Å². The van der Waals surface area contributed by atoms with Gasteiger partial charge in [-0.1, -0.05) is 46.3 Å². The van der Waals surface area contributed by atoms with Crippen molar-refractivity contribution in [2.45, 2.75) is 11.8 Å². The third kappa shape index (κ3) is 3.35. The van der Waals surface area contributed by atoms with Crippen molar-refractivity contribution in [1.29, 1.82) is 0 Å². The number of benzene rings is 3. The summed E-state index contributed by atoms with van der Waals surface area (Å²) >= 11 is 3.44. The van der Waals surface area contributed by atoms with E-state index in [1.54, 1.807) is 6.07 Å². The van der Waals surface area contributed by atoms with Crippen LogP contribution in [0.15, 0.2) is 64.0 Å². The van der Waals surface area contributed by atoms with Crippen LogP contribution in [-0.2, 0) is 10.0 Å². The number of nitro groups is 1. The fourth-order valence-electron chi connectivity index (χ4n) is 2.54. The molecular weight excluding hydrogens is 408 g/mol. The minimum Gasteiger partial charge on any atom is -0.279 e. The van der Waals surface area contributed by atoms with Gasteiger partial charge in [0.15, 0.2) is 0 Å². The molecule has 0 aliphatic heterocycles. The summed E-state index contributed by atoms with van der Waals surface area (Å²) in [6.45, 7) is 1.94. The molecule has 0 saturated carbocycles. The number of hydrogen-bond donors (Lipinski definition) is 1. The van der Waals surface area contributed by atoms with Crippen molar-refractivity contribution in [3.05, 3.63) is 74.7 Å². The highest BCUT2D eigenvalue weighted by Crippen LogP contribution is 2.33. The summed E-state index contributed by atoms with van der Waals surface area (Å²) in [4.78, 5) is 10.1. The second-order valence-electron chi connectivity index (χ2n) is 5.44. The van der Waals surface area contributed by atoms with Crippen molar-refractivity contribution in [3.63, 3.8) is 0 Å². The highest BCUT2D eigenvalue weighted by Gasteiger charge is 2.19. The van der Waals surface area contributed by atoms with E-state index in [4.69, 9.17) is 0 Å². The lowest BCUT2D eigenvalue weighted by atomic mass is 10.0. The molecule has 0 fully saturated rings. The predicted molar refractivity (Wildman–Crippen MR) is 100 cm³/mol. The molecule has 3 aromatic carbocycles. The van der Waals surface area contributed by atoms with Crippen molar-refractivity contribution in [3.8, 4) is 0 Å². The van der Waals surface area contributed by atoms with Crippen LogP contribution in [0, 0.1) is 17.0 Å². The Balaban J connectivity index is 2.11. The molecule has 0 saturated heterocycles. The van der Waals surface area contributed by atoms with Gasteiger partial charge in [0, 0.05) is 22.0 Å². The SMILES string of the molecule is Cc1c(Br)cc(NS(=O)(=O)c2cccc([N+](=O)[O-])c2)c2ccccc12. The Morgan fingerprint density at radius 3 is 2.40 bits per heavy atom. The van der Waals surface area contributed by atoms with Crippen molar-refractivity contribution in [1.82, 2.24) is 0 Å². The summed E-state index contributed by atoms with van der Waals surface area (Å²) in [5, 5.41) is 12.5. The average molecular weight is 421 g/mol. The van der Waals surface area contributed by atoms with E-state index in [-0.39, 0.29) is 10.6 Å². The van der Waals surface area contributed by atoms with Crippen LogP contribution in [0.1, 0.15) is 5.56 Å². The number of rotatable bonds is 4. The maximum atomic E-state index is 12.7. The first-order chi connectivity index (χ1) is 11.8. The zero-order valence-corrected chi connectivity index (χ0v) is 15.5. The molecule has 0 aliphatic carbocycles. The molecule has 1 N–H and O–H groups in total. The summed E-state index contributed by atoms with van der Waals surface area (Å²) in [6.07, 6.45) is 0. The fourth-order valence-corrected chi connectivity index (χ4v) is 4.09. The number of sulfonamides is 1. The summed E-state index contributed by atoms with van der Waals surface area (Å²) in [7, 11) is -3.97. The van der Waals surface area contributed by atoms with Crippen LogP contribution < -0.4 is 4.72 Å². The Kier molecular flexibility index (Phi) is 4.49. The topological polar surface area (TPSA) is 89.3 Å². The molecule has 128 valence electrons. The molecule has 6 nitrogen and oxygen atoms in total. The van der Waals surface area contributed by atoms with Gasteiger partial charge in [0.2, 0.25) is 0 Å². The lowest BCUT2D eigenvalue weighted by Gasteiger charge is -2.13. The second-order valence-corrected chi connectivity index (χ2v) is 7.97. The van der Waals surface area contributed by atoms with E-state index in [0.29, 0.717) is 5.69 Å². The molecule has 0 unspecified atom stereocenters. The molecular formula is C17H13BrN2O4S. The largest absolute Gasteiger partial charge is 0.279 e. The number of nitro benzene ring substituents is 1. The number of halogens is 1. The second kappa shape index (κ2) is 6.45. The molecule has 8 heteroatoms. The Labute approximate surface area is 152 Å². The third-order valence-corrected chi connectivity index (χ3v) is 6.02. The summed E-state index contributed by atoms with van der Waals surface area (Å²) in [6, 6.07) is 14.1. The van der Waals surface area contributed by atoms with Gasteiger partial charge < -0.3 is 0 Å². The monoisotopic (exact) mass is 420 g/mol. The average Bonchev–Trinajstić information content (AvgIpc) is 2.59. The fraction of sp³-hybridized carbons (Fsp3) is 0.0588. The van der Waals surface area contributed by atoms with Crippen LogP contribution in [0.3, 0.4) is 0 Å². The number of fused-ring (bicyclic) bond motifs is 1. The number of nitrogens with zero attached hydrogens (tertiary/aromatic N) is 1. The standard InChI is InChI=1S/C17H13BrN2O4S/c1-11-14-7-2-3-8-15(14)17(10-16(11)18)19-25(23,24)13-6-4-5-12(9-13)20(21)22/h2-10,19H,1H3. The van der Waals surface area contributed by atoms with Crippen LogP contribution in [-0.4, -0.2) is 13.3 Å². The number of hydrogen-bond acceptors (Lipinski definition) is 4. The maximum absolute atomic E-state index is 12.7. The summed E-state index contributed by atoms with van der Waals surface area (Å²) < 4.78 is 28.6. The Morgan fingerprint density at radius 2 is 1.72 bits per heavy atom. The third-order valence-electron chi connectivity index (χ3n) is 3.83. The normalized spacial score (nSPS) is 11.4. The molecule has 25 heavy (non-hydrogen) atoms. The molecule has 0 heterocycles. The first kappa shape index (κ1) is 17.4. The van der Waals surface area contributed by atoms with E-state index < -0.39 is 14.9 Å². The maximum Gasteiger partial charge on any atom is 0.270 e. The molecule has 0 atom stereocenters. The van der Waals surface area contributed by atoms with Crippen LogP contribution in [0.5, 0.6) is 0 Å². The van der Waals surface area contributed by atoms with Crippen molar-refractivity contribution >= 4 is 48.1 Å². The van der Waals surface area contributed by atoms with Crippen LogP contribution in [0.4, 0.5) is 11.4 Å². The Morgan fingerprint density at radius 1 is 1.04 bits per heavy atom. The number of anilines is 1. The van der Waals surface area contributed by atoms with E-state index in [2.05, 4.69) is 20.7 Å². The van der Waals surface area contributed by atoms with E-state index in [1.807, 2.05) is 31.2 Å². The minimum atomic E-state index is -3.97. The Bertz CT molecular complexity index is 1100. The molecule has 0 aromatic heterocycles. The predicted octanol–water partition coefficient (Wildman–Crippen LogP) is 4.62. The quantitative estimate of drug-likeness (QED) is 0.492. The smallest absolute Gasteiger partial charge is 0.270 e. The van der Waals surface area contributed by atoms with Gasteiger partial charge in [-0.2, -0.15) is 0 Å². The molecule has 3 rings (SSSR count). The van der Waals surface area contributed by atoms with Crippen LogP contribution in [0.2, 0.25) is 0 Å². The van der Waals surface area contributed by atoms with E-state index >= 15 is 0 Å². The highest BCUT2D eigenvalue weighted by atomic mass is 79.9. The van der Waals surface area contributed by atoms with Crippen molar-refractivity contribution in [2.75, 3.05) is 4.72 Å². The number of non-ortho nitro benzene ring substituents is 1. The molecule has 3 aromatic rings. The summed E-state index contributed by atoms with van der Waals surface area (Å²) in [5.74, 6) is 0. The highest BCUT2D eigenvalue weighted by molar-refractivity contribution is 9.10. The van der Waals surface area contributed by atoms with Crippen molar-refractivity contribution < 1.29 is 13.3 Å². The molecule has 0 amide bonds. The molecule has 0 spiro atoms. The zero-order valence-electron chi connectivity index (χ0n) is 13.1. The lowest BCUT2D eigenvalue weighted by molar-refractivity contribution is -0.385. The minimum absolute atomic E-state index is 0.164. The Hall–Kier alpha value is -2.45. The van der Waals surface area contributed by atoms with Gasteiger partial charge in [-0.05, 0) is 30.0 Å². The van der Waals surface area contributed by atoms with Crippen LogP contribution in [0.25, 0.3) is 10.8 Å². The first-order valence-corrected chi connectivity index (χ1v) is 9.52. The van der Waals surface area contributed by atoms with Crippen LogP contribution >= 0.6 is 15.9 Å². The lowest BCUT2D eigenvalue weighted by Crippen LogP contribution is -2.13. The number of aryl methyl sites for hydroxylation is 1. The molecule has 0 bridgehead atoms. The number of nitrogens with one attached hydrogen (secondary N) is 1. The molecule has 0 radical (unpaired) electrons. The molecule has 0 aliphatic rings.